The number of carbonyl (C=O) groups is 1. The highest BCUT2D eigenvalue weighted by atomic mass is 35.5. The second kappa shape index (κ2) is 10.4. The van der Waals surface area contributed by atoms with Gasteiger partial charge in [0.2, 0.25) is 0 Å². The smallest absolute Gasteiger partial charge is 0.395 e. The molecule has 0 spiro atoms. The number of Topliss-reactive ketones (excluding diaryl/α,β-unsaturated/α-hetero) is 1. The van der Waals surface area contributed by atoms with Gasteiger partial charge in [0.1, 0.15) is 5.78 Å². The topological polar surface area (TPSA) is 68.2 Å². The molecule has 2 heterocycles. The number of nitrogens with zero attached hydrogens (tertiary/aromatic N) is 1. The normalized spacial score (nSPS) is 20.2. The van der Waals surface area contributed by atoms with Gasteiger partial charge in [-0.3, -0.25) is 10.1 Å². The van der Waals surface area contributed by atoms with Gasteiger partial charge in [-0.15, -0.1) is 20.4 Å². The Balaban J connectivity index is 0.000000747. The summed E-state index contributed by atoms with van der Waals surface area (Å²) in [6.07, 6.45) is -0.994. The average molecular weight is 538 g/mol. The van der Waals surface area contributed by atoms with Crippen molar-refractivity contribution in [3.05, 3.63) is 53.1 Å². The van der Waals surface area contributed by atoms with Crippen molar-refractivity contribution in [3.63, 3.8) is 0 Å². The van der Waals surface area contributed by atoms with Crippen molar-refractivity contribution in [2.75, 3.05) is 23.9 Å². The fraction of sp³-hybridized carbons (Fsp3) is 0.536. The van der Waals surface area contributed by atoms with Crippen LogP contribution in [-0.2, 0) is 27.9 Å². The van der Waals surface area contributed by atoms with Crippen LogP contribution in [-0.4, -0.2) is 42.4 Å². The first-order chi connectivity index (χ1) is 17.4. The van der Waals surface area contributed by atoms with Gasteiger partial charge in [-0.25, -0.2) is 4.89 Å². The summed E-state index contributed by atoms with van der Waals surface area (Å²) in [4.78, 5) is 19.3. The highest BCUT2D eigenvalue weighted by molar-refractivity contribution is 6.18. The number of benzene rings is 2. The monoisotopic (exact) mass is 537 g/mol. The molecule has 0 aromatic heterocycles. The van der Waals surface area contributed by atoms with E-state index in [-0.39, 0.29) is 22.7 Å². The molecule has 2 aromatic carbocycles. The van der Waals surface area contributed by atoms with Gasteiger partial charge in [-0.2, -0.15) is 0 Å². The molecule has 1 aliphatic carbocycles. The molecule has 2 aromatic rings. The molecule has 0 bridgehead atoms. The number of hydrogen-bond donors (Lipinski definition) is 1. The molecule has 9 heteroatoms. The number of fused-ring (bicyclic) bond motifs is 2. The minimum atomic E-state index is -3.66. The maximum absolute atomic E-state index is 13.4. The maximum atomic E-state index is 13.4. The first-order valence-corrected chi connectivity index (χ1v) is 13.1. The van der Waals surface area contributed by atoms with Gasteiger partial charge in [0, 0.05) is 30.6 Å². The van der Waals surface area contributed by atoms with Gasteiger partial charge in [-0.1, -0.05) is 39.0 Å². The fourth-order valence-corrected chi connectivity index (χ4v) is 5.46. The lowest BCUT2D eigenvalue weighted by Gasteiger charge is -2.36. The molecule has 37 heavy (non-hydrogen) atoms. The second-order valence-electron chi connectivity index (χ2n) is 10.9. The molecule has 1 saturated carbocycles. The molecular weight excluding hydrogens is 504 g/mol. The van der Waals surface area contributed by atoms with Crippen molar-refractivity contribution in [1.29, 1.82) is 0 Å². The summed E-state index contributed by atoms with van der Waals surface area (Å²) in [6.45, 7) is 9.61. The SMILES string of the molecule is CC(C)(C)C1Cc2cc(CC(=O)C3(c4ccc5c(c4)OC(F)(F)O5)CC3)ccc2N1CCCl.CCOO. The van der Waals surface area contributed by atoms with E-state index in [0.717, 1.165) is 24.1 Å². The number of alkyl halides is 3. The van der Waals surface area contributed by atoms with E-state index >= 15 is 0 Å². The van der Waals surface area contributed by atoms with Crippen LogP contribution in [0.1, 0.15) is 57.2 Å². The average Bonchev–Trinajstić information content (AvgIpc) is 3.48. The summed E-state index contributed by atoms with van der Waals surface area (Å²) in [5.41, 5.74) is 3.63. The number of ketones is 1. The van der Waals surface area contributed by atoms with Crippen LogP contribution in [0.15, 0.2) is 36.4 Å². The summed E-state index contributed by atoms with van der Waals surface area (Å²) >= 11 is 6.09. The lowest BCUT2D eigenvalue weighted by atomic mass is 9.84. The van der Waals surface area contributed by atoms with Gasteiger partial charge in [-0.05, 0) is 66.5 Å². The first kappa shape index (κ1) is 27.6. The molecule has 0 amide bonds. The van der Waals surface area contributed by atoms with Gasteiger partial charge >= 0.3 is 6.29 Å². The van der Waals surface area contributed by atoms with E-state index in [1.807, 2.05) is 6.07 Å². The lowest BCUT2D eigenvalue weighted by Crippen LogP contribution is -2.42. The number of hydrogen-bond acceptors (Lipinski definition) is 6. The summed E-state index contributed by atoms with van der Waals surface area (Å²) in [6, 6.07) is 11.3. The van der Waals surface area contributed by atoms with Gasteiger partial charge in [0.05, 0.1) is 12.0 Å². The zero-order valence-corrected chi connectivity index (χ0v) is 22.4. The quantitative estimate of drug-likeness (QED) is 0.252. The molecule has 202 valence electrons. The molecule has 5 rings (SSSR count). The van der Waals surface area contributed by atoms with Crippen molar-refractivity contribution in [1.82, 2.24) is 0 Å². The zero-order valence-electron chi connectivity index (χ0n) is 21.7. The number of rotatable bonds is 7. The van der Waals surface area contributed by atoms with Crippen molar-refractivity contribution in [2.45, 2.75) is 71.1 Å². The van der Waals surface area contributed by atoms with E-state index in [1.54, 1.807) is 13.0 Å². The minimum Gasteiger partial charge on any atom is -0.395 e. The summed E-state index contributed by atoms with van der Waals surface area (Å²) in [5.74, 6) is 0.661. The third-order valence-corrected chi connectivity index (χ3v) is 7.47. The molecule has 0 radical (unpaired) electrons. The Morgan fingerprint density at radius 2 is 1.84 bits per heavy atom. The number of halogens is 3. The van der Waals surface area contributed by atoms with Crippen molar-refractivity contribution >= 4 is 23.1 Å². The van der Waals surface area contributed by atoms with Crippen LogP contribution < -0.4 is 14.4 Å². The predicted molar refractivity (Wildman–Crippen MR) is 138 cm³/mol. The Morgan fingerprint density at radius 3 is 2.43 bits per heavy atom. The Kier molecular flexibility index (Phi) is 7.75. The predicted octanol–water partition coefficient (Wildman–Crippen LogP) is 6.36. The highest BCUT2D eigenvalue weighted by Gasteiger charge is 2.52. The highest BCUT2D eigenvalue weighted by Crippen LogP contribution is 2.53. The molecule has 1 fully saturated rings. The number of anilines is 1. The summed E-state index contributed by atoms with van der Waals surface area (Å²) in [7, 11) is 0. The largest absolute Gasteiger partial charge is 0.586 e. The van der Waals surface area contributed by atoms with Gasteiger partial charge in [0.15, 0.2) is 11.5 Å². The van der Waals surface area contributed by atoms with Crippen LogP contribution in [0.25, 0.3) is 0 Å². The molecule has 1 unspecified atom stereocenters. The summed E-state index contributed by atoms with van der Waals surface area (Å²) in [5, 5.41) is 7.38. The number of carbonyl (C=O) groups excluding carboxylic acids is 1. The van der Waals surface area contributed by atoms with Crippen LogP contribution >= 0.6 is 11.6 Å². The van der Waals surface area contributed by atoms with Crippen molar-refractivity contribution in [2.24, 2.45) is 5.41 Å². The third-order valence-electron chi connectivity index (χ3n) is 7.30. The fourth-order valence-electron chi connectivity index (χ4n) is 5.27. The van der Waals surface area contributed by atoms with Gasteiger partial charge in [0.25, 0.3) is 0 Å². The number of ether oxygens (including phenoxy) is 2. The molecule has 2 aliphatic heterocycles. The molecule has 1 N–H and O–H groups in total. The van der Waals surface area contributed by atoms with Crippen LogP contribution in [0.4, 0.5) is 14.5 Å². The Bertz CT molecular complexity index is 1140. The summed E-state index contributed by atoms with van der Waals surface area (Å²) < 4.78 is 35.9. The van der Waals surface area contributed by atoms with Crippen LogP contribution in [0.5, 0.6) is 11.5 Å². The Labute approximate surface area is 221 Å². The lowest BCUT2D eigenvalue weighted by molar-refractivity contribution is -0.286. The Hall–Kier alpha value is -2.42. The van der Waals surface area contributed by atoms with E-state index in [2.05, 4.69) is 52.2 Å². The molecule has 3 aliphatic rings. The van der Waals surface area contributed by atoms with E-state index in [4.69, 9.17) is 16.9 Å². The second-order valence-corrected chi connectivity index (χ2v) is 11.2. The van der Waals surface area contributed by atoms with E-state index in [1.165, 1.54) is 23.4 Å². The molecule has 1 atom stereocenters. The molecular formula is C28H34ClF2NO5. The van der Waals surface area contributed by atoms with Crippen LogP contribution in [0.3, 0.4) is 0 Å². The van der Waals surface area contributed by atoms with Crippen molar-refractivity contribution in [3.8, 4) is 11.5 Å². The molecule has 0 saturated heterocycles. The van der Waals surface area contributed by atoms with E-state index in [0.29, 0.717) is 37.8 Å². The first-order valence-electron chi connectivity index (χ1n) is 12.6. The van der Waals surface area contributed by atoms with Crippen LogP contribution in [0, 0.1) is 5.41 Å². The standard InChI is InChI=1S/C26H28ClF2NO3.C2H6O2/c1-24(2,3)22-14-17-12-16(4-6-19(17)30(22)11-10-27)13-23(31)25(8-9-25)18-5-7-20-21(15-18)33-26(28,29)32-20;1-2-4-3/h4-7,12,15,22H,8-11,13-14H2,1-3H3;3H,2H2,1H3. The zero-order chi connectivity index (χ0) is 27.0. The van der Waals surface area contributed by atoms with E-state index < -0.39 is 11.7 Å². The van der Waals surface area contributed by atoms with Crippen molar-refractivity contribution < 1.29 is 33.2 Å². The van der Waals surface area contributed by atoms with E-state index in [9.17, 15) is 13.6 Å². The van der Waals surface area contributed by atoms with Crippen LogP contribution in [0.2, 0.25) is 0 Å². The Morgan fingerprint density at radius 1 is 1.16 bits per heavy atom. The van der Waals surface area contributed by atoms with Gasteiger partial charge < -0.3 is 14.4 Å². The molecule has 6 nitrogen and oxygen atoms in total. The third kappa shape index (κ3) is 5.71. The minimum absolute atomic E-state index is 0.000485. The maximum Gasteiger partial charge on any atom is 0.586 e.